The second-order valence-corrected chi connectivity index (χ2v) is 6.42. The number of benzene rings is 1. The minimum absolute atomic E-state index is 0.598. The fourth-order valence-electron chi connectivity index (χ4n) is 2.88. The Balaban J connectivity index is 1.69. The number of aromatic nitrogens is 1. The molecule has 0 saturated heterocycles. The average molecular weight is 325 g/mol. The van der Waals surface area contributed by atoms with Crippen LogP contribution in [0.3, 0.4) is 0 Å². The summed E-state index contributed by atoms with van der Waals surface area (Å²) in [5.41, 5.74) is 8.57. The molecule has 24 heavy (non-hydrogen) atoms. The van der Waals surface area contributed by atoms with Gasteiger partial charge in [0.1, 0.15) is 11.6 Å². The van der Waals surface area contributed by atoms with Crippen LogP contribution in [0, 0.1) is 0 Å². The average Bonchev–Trinajstić information content (AvgIpc) is 2.60. The second kappa shape index (κ2) is 10.7. The van der Waals surface area contributed by atoms with Crippen molar-refractivity contribution in [3.8, 4) is 0 Å². The van der Waals surface area contributed by atoms with Crippen LogP contribution in [-0.2, 0) is 12.8 Å². The number of nitrogen functional groups attached to an aromatic ring is 1. The molecule has 1 heterocycles. The quantitative estimate of drug-likeness (QED) is 0.557. The van der Waals surface area contributed by atoms with Gasteiger partial charge in [0, 0.05) is 6.54 Å². The maximum atomic E-state index is 5.83. The highest BCUT2D eigenvalue weighted by Crippen LogP contribution is 2.18. The highest BCUT2D eigenvalue weighted by atomic mass is 15.0. The van der Waals surface area contributed by atoms with Crippen molar-refractivity contribution < 1.29 is 0 Å². The predicted octanol–water partition coefficient (Wildman–Crippen LogP) is 5.22. The van der Waals surface area contributed by atoms with Crippen LogP contribution < -0.4 is 11.1 Å². The number of anilines is 2. The van der Waals surface area contributed by atoms with Crippen LogP contribution in [-0.4, -0.2) is 11.5 Å². The zero-order valence-electron chi connectivity index (χ0n) is 14.9. The SMILES string of the molecule is CCCCNc1nc(N)ccc1CCCCCCc1ccccc1. The van der Waals surface area contributed by atoms with Gasteiger partial charge in [-0.05, 0) is 49.3 Å². The van der Waals surface area contributed by atoms with Crippen LogP contribution in [0.1, 0.15) is 56.6 Å². The van der Waals surface area contributed by atoms with Gasteiger partial charge in [-0.15, -0.1) is 0 Å². The molecule has 0 aliphatic carbocycles. The molecule has 130 valence electrons. The van der Waals surface area contributed by atoms with Crippen molar-refractivity contribution in [3.05, 3.63) is 53.6 Å². The normalized spacial score (nSPS) is 10.7. The first kappa shape index (κ1) is 18.3. The van der Waals surface area contributed by atoms with E-state index in [-0.39, 0.29) is 0 Å². The summed E-state index contributed by atoms with van der Waals surface area (Å²) in [4.78, 5) is 4.47. The summed E-state index contributed by atoms with van der Waals surface area (Å²) in [5, 5.41) is 3.44. The Hall–Kier alpha value is -2.03. The van der Waals surface area contributed by atoms with Crippen molar-refractivity contribution in [2.24, 2.45) is 0 Å². The van der Waals surface area contributed by atoms with E-state index in [1.165, 1.54) is 49.7 Å². The van der Waals surface area contributed by atoms with E-state index in [0.29, 0.717) is 5.82 Å². The first-order valence-electron chi connectivity index (χ1n) is 9.33. The third-order valence-corrected chi connectivity index (χ3v) is 4.33. The molecule has 1 aromatic heterocycles. The lowest BCUT2D eigenvalue weighted by atomic mass is 10.0. The number of aryl methyl sites for hydroxylation is 2. The Morgan fingerprint density at radius 3 is 2.38 bits per heavy atom. The van der Waals surface area contributed by atoms with Crippen molar-refractivity contribution >= 4 is 11.6 Å². The van der Waals surface area contributed by atoms with Crippen molar-refractivity contribution in [1.82, 2.24) is 4.98 Å². The third kappa shape index (κ3) is 6.61. The molecule has 0 atom stereocenters. The van der Waals surface area contributed by atoms with Crippen molar-refractivity contribution in [1.29, 1.82) is 0 Å². The summed E-state index contributed by atoms with van der Waals surface area (Å²) in [6, 6.07) is 14.8. The monoisotopic (exact) mass is 325 g/mol. The van der Waals surface area contributed by atoms with Gasteiger partial charge in [0.2, 0.25) is 0 Å². The van der Waals surface area contributed by atoms with Gasteiger partial charge >= 0.3 is 0 Å². The highest BCUT2D eigenvalue weighted by molar-refractivity contribution is 5.49. The van der Waals surface area contributed by atoms with Crippen LogP contribution in [0.25, 0.3) is 0 Å². The fraction of sp³-hybridized carbons (Fsp3) is 0.476. The van der Waals surface area contributed by atoms with E-state index in [4.69, 9.17) is 5.73 Å². The summed E-state index contributed by atoms with van der Waals surface area (Å²) in [7, 11) is 0. The molecule has 3 nitrogen and oxygen atoms in total. The van der Waals surface area contributed by atoms with E-state index in [9.17, 15) is 0 Å². The van der Waals surface area contributed by atoms with E-state index >= 15 is 0 Å². The molecule has 0 amide bonds. The molecule has 1 aromatic carbocycles. The predicted molar refractivity (Wildman–Crippen MR) is 104 cm³/mol. The maximum absolute atomic E-state index is 5.83. The number of hydrogen-bond acceptors (Lipinski definition) is 3. The molecule has 0 aliphatic heterocycles. The molecule has 3 N–H and O–H groups in total. The zero-order chi connectivity index (χ0) is 17.0. The van der Waals surface area contributed by atoms with Crippen LogP contribution in [0.15, 0.2) is 42.5 Å². The van der Waals surface area contributed by atoms with E-state index in [1.54, 1.807) is 0 Å². The van der Waals surface area contributed by atoms with E-state index < -0.39 is 0 Å². The van der Waals surface area contributed by atoms with Crippen molar-refractivity contribution in [2.75, 3.05) is 17.6 Å². The lowest BCUT2D eigenvalue weighted by molar-refractivity contribution is 0.640. The summed E-state index contributed by atoms with van der Waals surface area (Å²) in [5.74, 6) is 1.58. The molecule has 3 heteroatoms. The number of nitrogens with two attached hydrogens (primary N) is 1. The number of rotatable bonds is 11. The lowest BCUT2D eigenvalue weighted by Gasteiger charge is -2.11. The van der Waals surface area contributed by atoms with Gasteiger partial charge in [-0.25, -0.2) is 4.98 Å². The standard InChI is InChI=1S/C21H31N3/c1-2-3-17-23-21-19(15-16-20(22)24-21)14-10-5-4-7-11-18-12-8-6-9-13-18/h6,8-9,12-13,15-16H,2-5,7,10-11,14,17H2,1H3,(H3,22,23,24). The minimum atomic E-state index is 0.598. The molecule has 0 aliphatic rings. The summed E-state index contributed by atoms with van der Waals surface area (Å²) in [6.07, 6.45) is 9.65. The Bertz CT molecular complexity index is 581. The van der Waals surface area contributed by atoms with Gasteiger partial charge < -0.3 is 11.1 Å². The topological polar surface area (TPSA) is 50.9 Å². The lowest BCUT2D eigenvalue weighted by Crippen LogP contribution is -2.07. The van der Waals surface area contributed by atoms with Crippen LogP contribution in [0.2, 0.25) is 0 Å². The third-order valence-electron chi connectivity index (χ3n) is 4.33. The smallest absolute Gasteiger partial charge is 0.131 e. The van der Waals surface area contributed by atoms with Gasteiger partial charge in [0.15, 0.2) is 0 Å². The fourth-order valence-corrected chi connectivity index (χ4v) is 2.88. The first-order valence-corrected chi connectivity index (χ1v) is 9.33. The van der Waals surface area contributed by atoms with Gasteiger partial charge in [-0.2, -0.15) is 0 Å². The molecule has 0 saturated carbocycles. The molecule has 0 fully saturated rings. The second-order valence-electron chi connectivity index (χ2n) is 6.42. The number of nitrogens with one attached hydrogen (secondary N) is 1. The minimum Gasteiger partial charge on any atom is -0.384 e. The summed E-state index contributed by atoms with van der Waals surface area (Å²) in [6.45, 7) is 3.17. The van der Waals surface area contributed by atoms with Crippen LogP contribution >= 0.6 is 0 Å². The summed E-state index contributed by atoms with van der Waals surface area (Å²) >= 11 is 0. The van der Waals surface area contributed by atoms with Gasteiger partial charge in [-0.1, -0.05) is 62.6 Å². The van der Waals surface area contributed by atoms with E-state index in [1.807, 2.05) is 6.07 Å². The number of hydrogen-bond donors (Lipinski definition) is 2. The van der Waals surface area contributed by atoms with Gasteiger partial charge in [-0.3, -0.25) is 0 Å². The Morgan fingerprint density at radius 2 is 1.62 bits per heavy atom. The zero-order valence-corrected chi connectivity index (χ0v) is 14.9. The van der Waals surface area contributed by atoms with Crippen LogP contribution in [0.5, 0.6) is 0 Å². The van der Waals surface area contributed by atoms with E-state index in [2.05, 4.69) is 53.6 Å². The van der Waals surface area contributed by atoms with Crippen LogP contribution in [0.4, 0.5) is 11.6 Å². The molecular formula is C21H31N3. The van der Waals surface area contributed by atoms with Gasteiger partial charge in [0.05, 0.1) is 0 Å². The van der Waals surface area contributed by atoms with Gasteiger partial charge in [0.25, 0.3) is 0 Å². The number of unbranched alkanes of at least 4 members (excludes halogenated alkanes) is 4. The Kier molecular flexibility index (Phi) is 8.16. The van der Waals surface area contributed by atoms with E-state index in [0.717, 1.165) is 25.2 Å². The molecular weight excluding hydrogens is 294 g/mol. The Labute approximate surface area is 146 Å². The molecule has 2 rings (SSSR count). The molecule has 0 unspecified atom stereocenters. The molecule has 0 spiro atoms. The molecule has 2 aromatic rings. The number of pyridine rings is 1. The largest absolute Gasteiger partial charge is 0.384 e. The highest BCUT2D eigenvalue weighted by Gasteiger charge is 2.04. The molecule has 0 bridgehead atoms. The van der Waals surface area contributed by atoms with Crippen molar-refractivity contribution in [3.63, 3.8) is 0 Å². The Morgan fingerprint density at radius 1 is 0.875 bits per heavy atom. The molecule has 0 radical (unpaired) electrons. The van der Waals surface area contributed by atoms with Crippen molar-refractivity contribution in [2.45, 2.75) is 58.3 Å². The maximum Gasteiger partial charge on any atom is 0.131 e. The first-order chi connectivity index (χ1) is 11.8. The number of nitrogens with zero attached hydrogens (tertiary/aromatic N) is 1. The summed E-state index contributed by atoms with van der Waals surface area (Å²) < 4.78 is 0.